The van der Waals surface area contributed by atoms with Crippen molar-refractivity contribution in [1.82, 2.24) is 4.98 Å². The summed E-state index contributed by atoms with van der Waals surface area (Å²) in [5, 5.41) is 9.02. The van der Waals surface area contributed by atoms with Gasteiger partial charge in [0.1, 0.15) is 17.6 Å². The number of nitrogens with two attached hydrogens (primary N) is 1. The normalized spacial score (nSPS) is 9.65. The second-order valence-corrected chi connectivity index (χ2v) is 3.50. The van der Waals surface area contributed by atoms with Crippen LogP contribution in [0.25, 0.3) is 11.1 Å². The Morgan fingerprint density at radius 2 is 2.00 bits per heavy atom. The van der Waals surface area contributed by atoms with Crippen LogP contribution in [0.1, 0.15) is 5.56 Å². The molecule has 0 unspecified atom stereocenters. The minimum Gasteiger partial charge on any atom is -0.497 e. The molecule has 0 fully saturated rings. The number of anilines is 1. The van der Waals surface area contributed by atoms with E-state index in [9.17, 15) is 0 Å². The fourth-order valence-corrected chi connectivity index (χ4v) is 1.57. The van der Waals surface area contributed by atoms with Crippen LogP contribution < -0.4 is 10.5 Å². The Morgan fingerprint density at radius 3 is 2.59 bits per heavy atom. The molecule has 2 rings (SSSR count). The van der Waals surface area contributed by atoms with Crippen LogP contribution in [0.2, 0.25) is 0 Å². The minimum absolute atomic E-state index is 0.398. The van der Waals surface area contributed by atoms with Crippen LogP contribution in [0.4, 0.5) is 5.82 Å². The number of hydrogen-bond acceptors (Lipinski definition) is 4. The average Bonchev–Trinajstić information content (AvgIpc) is 2.39. The summed E-state index contributed by atoms with van der Waals surface area (Å²) in [5.74, 6) is 1.17. The van der Waals surface area contributed by atoms with Gasteiger partial charge in [-0.15, -0.1) is 0 Å². The van der Waals surface area contributed by atoms with Crippen molar-refractivity contribution in [2.45, 2.75) is 0 Å². The maximum absolute atomic E-state index is 9.02. The number of pyridine rings is 1. The molecule has 0 bridgehead atoms. The molecule has 2 N–H and O–H groups in total. The third kappa shape index (κ3) is 2.18. The first-order chi connectivity index (χ1) is 8.24. The predicted octanol–water partition coefficient (Wildman–Crippen LogP) is 2.21. The lowest BCUT2D eigenvalue weighted by Crippen LogP contribution is -1.93. The summed E-state index contributed by atoms with van der Waals surface area (Å²) in [6, 6.07) is 11.2. The fraction of sp³-hybridized carbons (Fsp3) is 0.0769. The summed E-state index contributed by atoms with van der Waals surface area (Å²) in [4.78, 5) is 3.90. The zero-order valence-electron chi connectivity index (χ0n) is 9.34. The largest absolute Gasteiger partial charge is 0.497 e. The van der Waals surface area contributed by atoms with Gasteiger partial charge < -0.3 is 10.5 Å². The first-order valence-electron chi connectivity index (χ1n) is 5.04. The van der Waals surface area contributed by atoms with Crippen molar-refractivity contribution in [2.24, 2.45) is 0 Å². The SMILES string of the molecule is COc1ccc(-c2cc(N)ncc2C#N)cc1. The summed E-state index contributed by atoms with van der Waals surface area (Å²) in [6.45, 7) is 0. The van der Waals surface area contributed by atoms with E-state index in [-0.39, 0.29) is 0 Å². The summed E-state index contributed by atoms with van der Waals surface area (Å²) >= 11 is 0. The monoisotopic (exact) mass is 225 g/mol. The molecule has 17 heavy (non-hydrogen) atoms. The third-order valence-corrected chi connectivity index (χ3v) is 2.45. The molecule has 0 aliphatic carbocycles. The van der Waals surface area contributed by atoms with Crippen molar-refractivity contribution in [3.05, 3.63) is 42.1 Å². The van der Waals surface area contributed by atoms with E-state index in [0.29, 0.717) is 11.4 Å². The second kappa shape index (κ2) is 4.54. The summed E-state index contributed by atoms with van der Waals surface area (Å²) in [5.41, 5.74) is 7.83. The molecule has 1 aromatic heterocycles. The van der Waals surface area contributed by atoms with Gasteiger partial charge in [0.2, 0.25) is 0 Å². The lowest BCUT2D eigenvalue weighted by Gasteiger charge is -2.06. The number of benzene rings is 1. The number of aromatic nitrogens is 1. The van der Waals surface area contributed by atoms with E-state index < -0.39 is 0 Å². The Hall–Kier alpha value is -2.54. The quantitative estimate of drug-likeness (QED) is 0.850. The molecule has 4 heteroatoms. The van der Waals surface area contributed by atoms with Crippen LogP contribution in [0, 0.1) is 11.3 Å². The number of hydrogen-bond donors (Lipinski definition) is 1. The maximum Gasteiger partial charge on any atom is 0.123 e. The molecule has 1 aromatic carbocycles. The molecule has 0 aliphatic rings. The zero-order valence-corrected chi connectivity index (χ0v) is 9.34. The Morgan fingerprint density at radius 1 is 1.29 bits per heavy atom. The highest BCUT2D eigenvalue weighted by molar-refractivity contribution is 5.72. The number of ether oxygens (including phenoxy) is 1. The van der Waals surface area contributed by atoms with E-state index >= 15 is 0 Å². The van der Waals surface area contributed by atoms with Crippen LogP contribution in [-0.2, 0) is 0 Å². The standard InChI is InChI=1S/C13H11N3O/c1-17-11-4-2-9(3-5-11)12-6-13(15)16-8-10(12)7-14/h2-6,8H,1H3,(H2,15,16). The molecule has 84 valence electrons. The van der Waals surface area contributed by atoms with E-state index in [1.54, 1.807) is 13.2 Å². The summed E-state index contributed by atoms with van der Waals surface area (Å²) < 4.78 is 5.08. The Kier molecular flexibility index (Phi) is 2.93. The Balaban J connectivity index is 2.52. The fourth-order valence-electron chi connectivity index (χ4n) is 1.57. The molecule has 0 spiro atoms. The van der Waals surface area contributed by atoms with Crippen molar-refractivity contribution in [2.75, 3.05) is 12.8 Å². The van der Waals surface area contributed by atoms with Crippen molar-refractivity contribution in [1.29, 1.82) is 5.26 Å². The molecule has 1 heterocycles. The van der Waals surface area contributed by atoms with E-state index in [1.165, 1.54) is 6.20 Å². The molecule has 0 atom stereocenters. The van der Waals surface area contributed by atoms with Crippen molar-refractivity contribution >= 4 is 5.82 Å². The Bertz CT molecular complexity index is 570. The summed E-state index contributed by atoms with van der Waals surface area (Å²) in [7, 11) is 1.61. The molecule has 2 aromatic rings. The molecule has 4 nitrogen and oxygen atoms in total. The van der Waals surface area contributed by atoms with Gasteiger partial charge in [-0.25, -0.2) is 4.98 Å². The van der Waals surface area contributed by atoms with Crippen LogP contribution in [-0.4, -0.2) is 12.1 Å². The second-order valence-electron chi connectivity index (χ2n) is 3.50. The van der Waals surface area contributed by atoms with E-state index in [4.69, 9.17) is 15.7 Å². The number of nitrogens with zero attached hydrogens (tertiary/aromatic N) is 2. The molecule has 0 saturated heterocycles. The van der Waals surface area contributed by atoms with E-state index in [2.05, 4.69) is 11.1 Å². The van der Waals surface area contributed by atoms with E-state index in [1.807, 2.05) is 24.3 Å². The first-order valence-corrected chi connectivity index (χ1v) is 5.04. The third-order valence-electron chi connectivity index (χ3n) is 2.45. The molecular formula is C13H11N3O. The van der Waals surface area contributed by atoms with Crippen LogP contribution in [0.3, 0.4) is 0 Å². The molecule has 0 saturated carbocycles. The van der Waals surface area contributed by atoms with Gasteiger partial charge in [-0.2, -0.15) is 5.26 Å². The first kappa shape index (κ1) is 11.0. The van der Waals surface area contributed by atoms with Crippen molar-refractivity contribution in [3.8, 4) is 22.9 Å². The van der Waals surface area contributed by atoms with Gasteiger partial charge in [-0.3, -0.25) is 0 Å². The van der Waals surface area contributed by atoms with Gasteiger partial charge in [-0.1, -0.05) is 12.1 Å². The predicted molar refractivity (Wildman–Crippen MR) is 65.4 cm³/mol. The van der Waals surface area contributed by atoms with Gasteiger partial charge in [-0.05, 0) is 23.8 Å². The number of nitrogen functional groups attached to an aromatic ring is 1. The number of nitriles is 1. The highest BCUT2D eigenvalue weighted by atomic mass is 16.5. The maximum atomic E-state index is 9.02. The summed E-state index contributed by atoms with van der Waals surface area (Å²) in [6.07, 6.45) is 1.48. The lowest BCUT2D eigenvalue weighted by molar-refractivity contribution is 0.415. The van der Waals surface area contributed by atoms with Crippen molar-refractivity contribution < 1.29 is 4.74 Å². The topological polar surface area (TPSA) is 71.9 Å². The minimum atomic E-state index is 0.398. The van der Waals surface area contributed by atoms with Gasteiger partial charge in [0.15, 0.2) is 0 Å². The van der Waals surface area contributed by atoms with Crippen LogP contribution >= 0.6 is 0 Å². The zero-order chi connectivity index (χ0) is 12.3. The molecule has 0 aliphatic heterocycles. The molecular weight excluding hydrogens is 214 g/mol. The van der Waals surface area contributed by atoms with Crippen LogP contribution in [0.15, 0.2) is 36.5 Å². The van der Waals surface area contributed by atoms with Gasteiger partial charge >= 0.3 is 0 Å². The highest BCUT2D eigenvalue weighted by Gasteiger charge is 2.06. The lowest BCUT2D eigenvalue weighted by atomic mass is 10.0. The smallest absolute Gasteiger partial charge is 0.123 e. The van der Waals surface area contributed by atoms with Gasteiger partial charge in [0, 0.05) is 11.8 Å². The Labute approximate surface area is 99.3 Å². The molecule has 0 amide bonds. The molecule has 0 radical (unpaired) electrons. The number of rotatable bonds is 2. The average molecular weight is 225 g/mol. The van der Waals surface area contributed by atoms with E-state index in [0.717, 1.165) is 16.9 Å². The van der Waals surface area contributed by atoms with Crippen molar-refractivity contribution in [3.63, 3.8) is 0 Å². The number of methoxy groups -OCH3 is 1. The highest BCUT2D eigenvalue weighted by Crippen LogP contribution is 2.26. The van der Waals surface area contributed by atoms with Gasteiger partial charge in [0.05, 0.1) is 12.7 Å². The van der Waals surface area contributed by atoms with Crippen LogP contribution in [0.5, 0.6) is 5.75 Å². The van der Waals surface area contributed by atoms with Gasteiger partial charge in [0.25, 0.3) is 0 Å².